The summed E-state index contributed by atoms with van der Waals surface area (Å²) in [7, 11) is 0. The van der Waals surface area contributed by atoms with Gasteiger partial charge in [0.2, 0.25) is 0 Å². The van der Waals surface area contributed by atoms with Gasteiger partial charge in [-0.15, -0.1) is 0 Å². The predicted octanol–water partition coefficient (Wildman–Crippen LogP) is 7.16. The Balaban J connectivity index is 1.62. The number of benzene rings is 5. The molecule has 4 heteroatoms. The predicted molar refractivity (Wildman–Crippen MR) is 147 cm³/mol. The molecule has 0 bridgehead atoms. The highest BCUT2D eigenvalue weighted by molar-refractivity contribution is 6.12. The SMILES string of the molecule is NNCc1cccc(Nc2cc3c(cc2-c2ccccc2)c2ccccc2n3-c2ccccc2)c1. The number of rotatable bonds is 6. The van der Waals surface area contributed by atoms with Crippen LogP contribution in [0, 0.1) is 0 Å². The van der Waals surface area contributed by atoms with Crippen molar-refractivity contribution in [1.29, 1.82) is 0 Å². The van der Waals surface area contributed by atoms with Crippen LogP contribution in [0.3, 0.4) is 0 Å². The van der Waals surface area contributed by atoms with Gasteiger partial charge >= 0.3 is 0 Å². The fourth-order valence-electron chi connectivity index (χ4n) is 4.86. The monoisotopic (exact) mass is 454 g/mol. The van der Waals surface area contributed by atoms with Crippen molar-refractivity contribution >= 4 is 33.2 Å². The Hall–Kier alpha value is -4.38. The fraction of sp³-hybridized carbons (Fsp3) is 0.0323. The van der Waals surface area contributed by atoms with E-state index in [1.54, 1.807) is 0 Å². The van der Waals surface area contributed by atoms with Crippen LogP contribution in [0.25, 0.3) is 38.6 Å². The van der Waals surface area contributed by atoms with E-state index >= 15 is 0 Å². The number of hydrazine groups is 1. The lowest BCUT2D eigenvalue weighted by molar-refractivity contribution is 0.741. The van der Waals surface area contributed by atoms with Crippen LogP contribution >= 0.6 is 0 Å². The molecular formula is C31H26N4. The molecular weight excluding hydrogens is 428 g/mol. The fourth-order valence-corrected chi connectivity index (χ4v) is 4.86. The van der Waals surface area contributed by atoms with Crippen LogP contribution in [0.4, 0.5) is 11.4 Å². The van der Waals surface area contributed by atoms with Gasteiger partial charge in [-0.3, -0.25) is 11.3 Å². The molecule has 0 saturated heterocycles. The second kappa shape index (κ2) is 9.11. The Morgan fingerprint density at radius 1 is 0.629 bits per heavy atom. The molecule has 0 aliphatic rings. The van der Waals surface area contributed by atoms with E-state index in [1.807, 2.05) is 0 Å². The van der Waals surface area contributed by atoms with Crippen LogP contribution in [-0.2, 0) is 6.54 Å². The second-order valence-electron chi connectivity index (χ2n) is 8.68. The number of para-hydroxylation sites is 2. The molecule has 4 N–H and O–H groups in total. The van der Waals surface area contributed by atoms with Crippen LogP contribution in [0.1, 0.15) is 5.56 Å². The maximum atomic E-state index is 5.56. The number of hydrogen-bond acceptors (Lipinski definition) is 3. The second-order valence-corrected chi connectivity index (χ2v) is 8.68. The summed E-state index contributed by atoms with van der Waals surface area (Å²) in [6.07, 6.45) is 0. The van der Waals surface area contributed by atoms with Crippen molar-refractivity contribution in [1.82, 2.24) is 9.99 Å². The van der Waals surface area contributed by atoms with Crippen molar-refractivity contribution in [3.63, 3.8) is 0 Å². The number of hydrogen-bond donors (Lipinski definition) is 3. The van der Waals surface area contributed by atoms with Crippen molar-refractivity contribution in [2.45, 2.75) is 6.54 Å². The number of nitrogens with one attached hydrogen (secondary N) is 2. The third-order valence-electron chi connectivity index (χ3n) is 6.42. The first kappa shape index (κ1) is 21.2. The molecule has 6 rings (SSSR count). The quantitative estimate of drug-likeness (QED) is 0.185. The lowest BCUT2D eigenvalue weighted by Crippen LogP contribution is -2.20. The highest BCUT2D eigenvalue weighted by atomic mass is 15.2. The zero-order valence-electron chi connectivity index (χ0n) is 19.3. The van der Waals surface area contributed by atoms with Crippen LogP contribution in [0.15, 0.2) is 121 Å². The third-order valence-corrected chi connectivity index (χ3v) is 6.42. The highest BCUT2D eigenvalue weighted by Gasteiger charge is 2.16. The third kappa shape index (κ3) is 3.95. The summed E-state index contributed by atoms with van der Waals surface area (Å²) in [5.41, 5.74) is 11.8. The molecule has 5 aromatic carbocycles. The van der Waals surface area contributed by atoms with E-state index in [2.05, 4.69) is 137 Å². The maximum absolute atomic E-state index is 5.56. The van der Waals surface area contributed by atoms with Gasteiger partial charge in [-0.2, -0.15) is 0 Å². The molecule has 0 aliphatic heterocycles. The minimum Gasteiger partial charge on any atom is -0.355 e. The molecule has 0 atom stereocenters. The minimum absolute atomic E-state index is 0.613. The molecule has 0 fully saturated rings. The van der Waals surface area contributed by atoms with Crippen molar-refractivity contribution in [3.05, 3.63) is 127 Å². The number of anilines is 2. The van der Waals surface area contributed by atoms with Crippen LogP contribution < -0.4 is 16.6 Å². The molecule has 170 valence electrons. The van der Waals surface area contributed by atoms with E-state index in [4.69, 9.17) is 5.84 Å². The average molecular weight is 455 g/mol. The zero-order valence-corrected chi connectivity index (χ0v) is 19.3. The average Bonchev–Trinajstić information content (AvgIpc) is 3.23. The first-order valence-corrected chi connectivity index (χ1v) is 11.8. The topological polar surface area (TPSA) is 55.0 Å². The highest BCUT2D eigenvalue weighted by Crippen LogP contribution is 2.40. The van der Waals surface area contributed by atoms with Crippen molar-refractivity contribution in [3.8, 4) is 16.8 Å². The summed E-state index contributed by atoms with van der Waals surface area (Å²) < 4.78 is 2.35. The Morgan fingerprint density at radius 2 is 1.37 bits per heavy atom. The molecule has 0 spiro atoms. The molecule has 0 amide bonds. The van der Waals surface area contributed by atoms with Crippen molar-refractivity contribution in [2.75, 3.05) is 5.32 Å². The minimum atomic E-state index is 0.613. The lowest BCUT2D eigenvalue weighted by Gasteiger charge is -2.15. The van der Waals surface area contributed by atoms with Crippen molar-refractivity contribution < 1.29 is 0 Å². The molecule has 0 aliphatic carbocycles. The number of nitrogens with zero attached hydrogens (tertiary/aromatic N) is 1. The largest absolute Gasteiger partial charge is 0.355 e. The van der Waals surface area contributed by atoms with Crippen molar-refractivity contribution in [2.24, 2.45) is 5.84 Å². The Kier molecular flexibility index (Phi) is 5.51. The van der Waals surface area contributed by atoms with E-state index < -0.39 is 0 Å². The standard InChI is InChI=1S/C31H26N4/c32-33-21-22-10-9-13-24(18-22)34-29-20-31-28(19-27(29)23-11-3-1-4-12-23)26-16-7-8-17-30(26)35(31)25-14-5-2-6-15-25/h1-20,33-34H,21,32H2. The molecule has 35 heavy (non-hydrogen) atoms. The summed E-state index contributed by atoms with van der Waals surface area (Å²) in [5.74, 6) is 5.56. The summed E-state index contributed by atoms with van der Waals surface area (Å²) in [5, 5.41) is 6.18. The number of fused-ring (bicyclic) bond motifs is 3. The van der Waals surface area contributed by atoms with Gasteiger partial charge in [0.25, 0.3) is 0 Å². The maximum Gasteiger partial charge on any atom is 0.0562 e. The molecule has 4 nitrogen and oxygen atoms in total. The molecule has 0 radical (unpaired) electrons. The van der Waals surface area contributed by atoms with E-state index in [1.165, 1.54) is 27.4 Å². The van der Waals surface area contributed by atoms with E-state index in [-0.39, 0.29) is 0 Å². The van der Waals surface area contributed by atoms with Crippen LogP contribution in [0.2, 0.25) is 0 Å². The van der Waals surface area contributed by atoms with E-state index in [0.29, 0.717) is 6.54 Å². The summed E-state index contributed by atoms with van der Waals surface area (Å²) >= 11 is 0. The van der Waals surface area contributed by atoms with Gasteiger partial charge in [0.05, 0.1) is 11.0 Å². The van der Waals surface area contributed by atoms with Crippen LogP contribution in [-0.4, -0.2) is 4.57 Å². The smallest absolute Gasteiger partial charge is 0.0562 e. The van der Waals surface area contributed by atoms with Gasteiger partial charge in [0.1, 0.15) is 0 Å². The molecule has 0 unspecified atom stereocenters. The summed E-state index contributed by atoms with van der Waals surface area (Å²) in [6, 6.07) is 42.7. The van der Waals surface area contributed by atoms with Gasteiger partial charge in [0.15, 0.2) is 0 Å². The normalized spacial score (nSPS) is 11.2. The first-order chi connectivity index (χ1) is 17.3. The Morgan fingerprint density at radius 3 is 2.17 bits per heavy atom. The molecule has 0 saturated carbocycles. The lowest BCUT2D eigenvalue weighted by atomic mass is 10.00. The zero-order chi connectivity index (χ0) is 23.6. The van der Waals surface area contributed by atoms with Crippen LogP contribution in [0.5, 0.6) is 0 Å². The van der Waals surface area contributed by atoms with E-state index in [0.717, 1.165) is 28.2 Å². The van der Waals surface area contributed by atoms with Gasteiger partial charge in [-0.25, -0.2) is 0 Å². The molecule has 1 aromatic heterocycles. The summed E-state index contributed by atoms with van der Waals surface area (Å²) in [6.45, 7) is 0.613. The number of nitrogens with two attached hydrogens (primary N) is 1. The van der Waals surface area contributed by atoms with Gasteiger partial charge < -0.3 is 9.88 Å². The summed E-state index contributed by atoms with van der Waals surface area (Å²) in [4.78, 5) is 0. The number of aromatic nitrogens is 1. The van der Waals surface area contributed by atoms with Gasteiger partial charge in [-0.05, 0) is 53.6 Å². The van der Waals surface area contributed by atoms with E-state index in [9.17, 15) is 0 Å². The Labute approximate surface area is 204 Å². The van der Waals surface area contributed by atoms with Gasteiger partial charge in [0, 0.05) is 39.9 Å². The first-order valence-electron chi connectivity index (χ1n) is 11.8. The van der Waals surface area contributed by atoms with Gasteiger partial charge in [-0.1, -0.05) is 78.9 Å². The molecule has 6 aromatic rings. The Bertz CT molecular complexity index is 1620. The molecule has 1 heterocycles.